The Morgan fingerprint density at radius 2 is 1.94 bits per heavy atom. The van der Waals surface area contributed by atoms with E-state index in [1.54, 1.807) is 12.1 Å². The molecule has 0 saturated carbocycles. The van der Waals surface area contributed by atoms with E-state index >= 15 is 0 Å². The highest BCUT2D eigenvalue weighted by molar-refractivity contribution is 5.89. The Kier molecular flexibility index (Phi) is 7.14. The van der Waals surface area contributed by atoms with E-state index in [0.29, 0.717) is 12.1 Å². The molecule has 6 heteroatoms. The van der Waals surface area contributed by atoms with Gasteiger partial charge in [0.1, 0.15) is 0 Å². The summed E-state index contributed by atoms with van der Waals surface area (Å²) in [5, 5.41) is 4.60. The van der Waals surface area contributed by atoms with Gasteiger partial charge in [-0.3, -0.25) is 9.88 Å². The molecule has 1 N–H and O–H groups in total. The van der Waals surface area contributed by atoms with E-state index in [4.69, 9.17) is 9.47 Å². The number of benzene rings is 2. The van der Waals surface area contributed by atoms with Crippen molar-refractivity contribution < 1.29 is 14.3 Å². The van der Waals surface area contributed by atoms with Gasteiger partial charge in [-0.1, -0.05) is 29.8 Å². The summed E-state index contributed by atoms with van der Waals surface area (Å²) >= 11 is 0. The second-order valence-electron chi connectivity index (χ2n) is 8.10. The standard InChI is InChI=1S/C26H29N3O3/c1-19(13-20-3-6-22(7-4-20)26(30)31-2)16-27-24-15-23-14-21(5-8-25(23)28-17-24)18-29-9-11-32-12-10-29/h3-8,13-15,17,27H,9-12,16,18H2,1-2H3. The number of aromatic nitrogens is 1. The lowest BCUT2D eigenvalue weighted by Crippen LogP contribution is -2.35. The third kappa shape index (κ3) is 5.72. The average molecular weight is 432 g/mol. The molecule has 4 rings (SSSR count). The number of nitrogens with zero attached hydrogens (tertiary/aromatic N) is 2. The number of anilines is 1. The molecule has 1 fully saturated rings. The zero-order valence-electron chi connectivity index (χ0n) is 18.6. The summed E-state index contributed by atoms with van der Waals surface area (Å²) in [5.74, 6) is -0.323. The summed E-state index contributed by atoms with van der Waals surface area (Å²) in [4.78, 5) is 18.6. The molecular weight excluding hydrogens is 402 g/mol. The van der Waals surface area contributed by atoms with Crippen molar-refractivity contribution in [2.24, 2.45) is 0 Å². The number of morpholine rings is 1. The highest BCUT2D eigenvalue weighted by Crippen LogP contribution is 2.20. The molecule has 0 atom stereocenters. The largest absolute Gasteiger partial charge is 0.465 e. The molecule has 2 aromatic carbocycles. The topological polar surface area (TPSA) is 63.7 Å². The smallest absolute Gasteiger partial charge is 0.337 e. The van der Waals surface area contributed by atoms with Crippen LogP contribution in [0.15, 0.2) is 60.3 Å². The van der Waals surface area contributed by atoms with Crippen LogP contribution in [-0.4, -0.2) is 55.8 Å². The van der Waals surface area contributed by atoms with Gasteiger partial charge in [0.2, 0.25) is 0 Å². The molecule has 1 saturated heterocycles. The van der Waals surface area contributed by atoms with Gasteiger partial charge in [0, 0.05) is 31.6 Å². The molecule has 2 heterocycles. The van der Waals surface area contributed by atoms with Crippen LogP contribution in [-0.2, 0) is 16.0 Å². The number of rotatable bonds is 7. The van der Waals surface area contributed by atoms with Crippen molar-refractivity contribution in [3.05, 3.63) is 77.0 Å². The molecule has 0 unspecified atom stereocenters. The van der Waals surface area contributed by atoms with Crippen molar-refractivity contribution in [2.45, 2.75) is 13.5 Å². The van der Waals surface area contributed by atoms with Crippen molar-refractivity contribution in [1.82, 2.24) is 9.88 Å². The minimum Gasteiger partial charge on any atom is -0.465 e. The van der Waals surface area contributed by atoms with Crippen LogP contribution in [0.3, 0.4) is 0 Å². The summed E-state index contributed by atoms with van der Waals surface area (Å²) in [6.45, 7) is 7.31. The molecule has 1 aliphatic rings. The number of hydrogen-bond donors (Lipinski definition) is 1. The van der Waals surface area contributed by atoms with E-state index < -0.39 is 0 Å². The molecule has 0 radical (unpaired) electrons. The molecule has 0 amide bonds. The fourth-order valence-electron chi connectivity index (χ4n) is 3.80. The first-order valence-corrected chi connectivity index (χ1v) is 10.9. The molecule has 1 aliphatic heterocycles. The van der Waals surface area contributed by atoms with E-state index in [0.717, 1.165) is 55.0 Å². The Balaban J connectivity index is 1.39. The molecule has 0 bridgehead atoms. The number of hydrogen-bond acceptors (Lipinski definition) is 6. The number of ether oxygens (including phenoxy) is 2. The maximum Gasteiger partial charge on any atom is 0.337 e. The Bertz CT molecular complexity index is 1100. The molecular formula is C26H29N3O3. The monoisotopic (exact) mass is 431 g/mol. The first-order chi connectivity index (χ1) is 15.6. The minimum absolute atomic E-state index is 0.323. The predicted octanol–water partition coefficient (Wildman–Crippen LogP) is 4.37. The van der Waals surface area contributed by atoms with Gasteiger partial charge in [-0.25, -0.2) is 4.79 Å². The van der Waals surface area contributed by atoms with Crippen LogP contribution in [0.2, 0.25) is 0 Å². The van der Waals surface area contributed by atoms with E-state index in [2.05, 4.69) is 52.5 Å². The Labute approximate surface area is 188 Å². The lowest BCUT2D eigenvalue weighted by Gasteiger charge is -2.26. The van der Waals surface area contributed by atoms with Crippen LogP contribution in [0.25, 0.3) is 17.0 Å². The Morgan fingerprint density at radius 3 is 2.69 bits per heavy atom. The summed E-state index contributed by atoms with van der Waals surface area (Å²) in [5.41, 5.74) is 6.06. The van der Waals surface area contributed by atoms with Crippen molar-refractivity contribution in [3.63, 3.8) is 0 Å². The maximum atomic E-state index is 11.6. The summed E-state index contributed by atoms with van der Waals surface area (Å²) in [6.07, 6.45) is 3.98. The second-order valence-corrected chi connectivity index (χ2v) is 8.10. The molecule has 32 heavy (non-hydrogen) atoms. The fourth-order valence-corrected chi connectivity index (χ4v) is 3.80. The minimum atomic E-state index is -0.323. The first-order valence-electron chi connectivity index (χ1n) is 10.9. The van der Waals surface area contributed by atoms with Gasteiger partial charge in [0.25, 0.3) is 0 Å². The van der Waals surface area contributed by atoms with E-state index in [1.807, 2.05) is 18.3 Å². The highest BCUT2D eigenvalue weighted by atomic mass is 16.5. The summed E-state index contributed by atoms with van der Waals surface area (Å²) in [7, 11) is 1.39. The van der Waals surface area contributed by atoms with E-state index in [1.165, 1.54) is 18.2 Å². The molecule has 3 aromatic rings. The Hall–Kier alpha value is -3.22. The van der Waals surface area contributed by atoms with E-state index in [-0.39, 0.29) is 5.97 Å². The van der Waals surface area contributed by atoms with Gasteiger partial charge in [0.05, 0.1) is 43.3 Å². The average Bonchev–Trinajstić information content (AvgIpc) is 2.83. The third-order valence-electron chi connectivity index (χ3n) is 5.57. The molecule has 166 valence electrons. The van der Waals surface area contributed by atoms with Crippen LogP contribution >= 0.6 is 0 Å². The molecule has 0 aliphatic carbocycles. The van der Waals surface area contributed by atoms with Crippen molar-refractivity contribution in [1.29, 1.82) is 0 Å². The molecule has 1 aromatic heterocycles. The van der Waals surface area contributed by atoms with Crippen molar-refractivity contribution >= 4 is 28.6 Å². The quantitative estimate of drug-likeness (QED) is 0.561. The van der Waals surface area contributed by atoms with Gasteiger partial charge >= 0.3 is 5.97 Å². The van der Waals surface area contributed by atoms with Gasteiger partial charge in [0.15, 0.2) is 0 Å². The van der Waals surface area contributed by atoms with Crippen LogP contribution in [0.4, 0.5) is 5.69 Å². The lowest BCUT2D eigenvalue weighted by atomic mass is 10.1. The van der Waals surface area contributed by atoms with Gasteiger partial charge in [-0.2, -0.15) is 0 Å². The zero-order chi connectivity index (χ0) is 22.3. The van der Waals surface area contributed by atoms with Crippen molar-refractivity contribution in [3.8, 4) is 0 Å². The Morgan fingerprint density at radius 1 is 1.16 bits per heavy atom. The highest BCUT2D eigenvalue weighted by Gasteiger charge is 2.11. The predicted molar refractivity (Wildman–Crippen MR) is 128 cm³/mol. The normalized spacial score (nSPS) is 15.0. The SMILES string of the molecule is COC(=O)c1ccc(C=C(C)CNc2cnc3ccc(CN4CCOCC4)cc3c2)cc1. The number of nitrogens with one attached hydrogen (secondary N) is 1. The lowest BCUT2D eigenvalue weighted by molar-refractivity contribution is 0.0342. The number of carbonyl (C=O) groups excluding carboxylic acids is 1. The van der Waals surface area contributed by atoms with Gasteiger partial charge in [-0.15, -0.1) is 0 Å². The first kappa shape index (κ1) is 22.0. The number of methoxy groups -OCH3 is 1. The zero-order valence-corrected chi connectivity index (χ0v) is 18.6. The molecule has 6 nitrogen and oxygen atoms in total. The third-order valence-corrected chi connectivity index (χ3v) is 5.57. The fraction of sp³-hybridized carbons (Fsp3) is 0.308. The maximum absolute atomic E-state index is 11.6. The van der Waals surface area contributed by atoms with Crippen LogP contribution in [0.1, 0.15) is 28.4 Å². The number of fused-ring (bicyclic) bond motifs is 1. The number of carbonyl (C=O) groups is 1. The number of esters is 1. The summed E-state index contributed by atoms with van der Waals surface area (Å²) < 4.78 is 10.2. The van der Waals surface area contributed by atoms with Gasteiger partial charge in [-0.05, 0) is 48.4 Å². The summed E-state index contributed by atoms with van der Waals surface area (Å²) in [6, 6.07) is 16.0. The van der Waals surface area contributed by atoms with Gasteiger partial charge < -0.3 is 14.8 Å². The number of pyridine rings is 1. The van der Waals surface area contributed by atoms with Crippen molar-refractivity contribution in [2.75, 3.05) is 45.3 Å². The van der Waals surface area contributed by atoms with Crippen LogP contribution < -0.4 is 5.32 Å². The second kappa shape index (κ2) is 10.4. The molecule has 0 spiro atoms. The van der Waals surface area contributed by atoms with E-state index in [9.17, 15) is 4.79 Å². The van der Waals surface area contributed by atoms with Crippen LogP contribution in [0, 0.1) is 0 Å². The van der Waals surface area contributed by atoms with Crippen LogP contribution in [0.5, 0.6) is 0 Å².